The number of hydrogen-bond donors (Lipinski definition) is 1. The molecule has 0 bridgehead atoms. The molecule has 8 nitrogen and oxygen atoms in total. The molecule has 1 saturated heterocycles. The molecule has 0 spiro atoms. The number of benzene rings is 2. The fraction of sp³-hybridized carbons (Fsp3) is 0.455. The van der Waals surface area contributed by atoms with E-state index >= 15 is 0 Å². The quantitative estimate of drug-likeness (QED) is 0.280. The Morgan fingerprint density at radius 1 is 0.977 bits per heavy atom. The number of hydrogen-bond acceptors (Lipinski definition) is 5. The molecule has 1 saturated carbocycles. The van der Waals surface area contributed by atoms with Crippen LogP contribution in [0.2, 0.25) is 0 Å². The van der Waals surface area contributed by atoms with Crippen LogP contribution in [0.3, 0.4) is 0 Å². The van der Waals surface area contributed by atoms with E-state index in [0.717, 1.165) is 56.3 Å². The third kappa shape index (κ3) is 6.97. The van der Waals surface area contributed by atoms with Gasteiger partial charge in [0.05, 0.1) is 22.9 Å². The van der Waals surface area contributed by atoms with E-state index in [1.54, 1.807) is 0 Å². The number of carbonyl (C=O) groups excluding carboxylic acids is 3. The molecule has 2 heterocycles. The van der Waals surface area contributed by atoms with Crippen molar-refractivity contribution in [3.8, 4) is 6.07 Å². The molecule has 1 N–H and O–H groups in total. The monoisotopic (exact) mass is 607 g/mol. The summed E-state index contributed by atoms with van der Waals surface area (Å²) in [6, 6.07) is 14.8. The molecule has 2 aromatic carbocycles. The Hall–Kier alpha value is -4.17. The zero-order valence-electron chi connectivity index (χ0n) is 24.7. The highest BCUT2D eigenvalue weighted by Crippen LogP contribution is 2.41. The van der Waals surface area contributed by atoms with Gasteiger partial charge in [0.2, 0.25) is 0 Å². The predicted octanol–water partition coefficient (Wildman–Crippen LogP) is 5.60. The average molecular weight is 608 g/mol. The number of imide groups is 1. The highest BCUT2D eigenvalue weighted by Gasteiger charge is 2.41. The zero-order chi connectivity index (χ0) is 31.4. The van der Waals surface area contributed by atoms with Crippen LogP contribution in [-0.2, 0) is 15.8 Å². The second-order valence-electron chi connectivity index (χ2n) is 11.7. The summed E-state index contributed by atoms with van der Waals surface area (Å²) < 4.78 is 40.3. The Morgan fingerprint density at radius 2 is 1.68 bits per heavy atom. The van der Waals surface area contributed by atoms with E-state index in [4.69, 9.17) is 5.26 Å². The molecular weight excluding hydrogens is 571 g/mol. The van der Waals surface area contributed by atoms with Crippen LogP contribution < -0.4 is 10.2 Å². The van der Waals surface area contributed by atoms with Gasteiger partial charge in [0.25, 0.3) is 11.8 Å². The van der Waals surface area contributed by atoms with Gasteiger partial charge in [-0.05, 0) is 62.9 Å². The molecule has 44 heavy (non-hydrogen) atoms. The van der Waals surface area contributed by atoms with E-state index in [1.807, 2.05) is 23.1 Å². The van der Waals surface area contributed by atoms with Crippen molar-refractivity contribution in [2.45, 2.75) is 63.6 Å². The van der Waals surface area contributed by atoms with Gasteiger partial charge in [-0.15, -0.1) is 0 Å². The summed E-state index contributed by atoms with van der Waals surface area (Å²) in [5.74, 6) is -0.838. The van der Waals surface area contributed by atoms with Gasteiger partial charge in [-0.3, -0.25) is 14.5 Å². The van der Waals surface area contributed by atoms with Crippen LogP contribution in [-0.4, -0.2) is 66.4 Å². The number of nitrogens with zero attached hydrogens (tertiary/aromatic N) is 4. The molecule has 2 aromatic rings. The van der Waals surface area contributed by atoms with Crippen LogP contribution >= 0.6 is 0 Å². The van der Waals surface area contributed by atoms with Gasteiger partial charge in [-0.2, -0.15) is 18.4 Å². The summed E-state index contributed by atoms with van der Waals surface area (Å²) in [5.41, 5.74) is -0.101. The van der Waals surface area contributed by atoms with Crippen molar-refractivity contribution < 1.29 is 27.6 Å². The summed E-state index contributed by atoms with van der Waals surface area (Å²) in [7, 11) is 0. The van der Waals surface area contributed by atoms with Crippen molar-refractivity contribution >= 4 is 23.5 Å². The molecule has 2 fully saturated rings. The molecule has 3 aliphatic rings. The number of amides is 4. The minimum Gasteiger partial charge on any atom is -0.335 e. The van der Waals surface area contributed by atoms with Gasteiger partial charge in [0.15, 0.2) is 0 Å². The maximum atomic E-state index is 13.4. The van der Waals surface area contributed by atoms with Crippen LogP contribution in [0.4, 0.5) is 23.7 Å². The molecule has 0 aromatic heterocycles. The molecule has 11 heteroatoms. The normalized spacial score (nSPS) is 20.7. The fourth-order valence-corrected chi connectivity index (χ4v) is 6.06. The lowest BCUT2D eigenvalue weighted by atomic mass is 10.0. The minimum absolute atomic E-state index is 0.0103. The predicted molar refractivity (Wildman–Crippen MR) is 159 cm³/mol. The van der Waals surface area contributed by atoms with E-state index in [0.29, 0.717) is 43.5 Å². The molecule has 1 aliphatic carbocycles. The van der Waals surface area contributed by atoms with E-state index in [-0.39, 0.29) is 23.3 Å². The molecule has 4 amide bonds. The van der Waals surface area contributed by atoms with Crippen LogP contribution in [0.15, 0.2) is 59.7 Å². The Morgan fingerprint density at radius 3 is 2.36 bits per heavy atom. The second-order valence-corrected chi connectivity index (χ2v) is 11.7. The van der Waals surface area contributed by atoms with Gasteiger partial charge < -0.3 is 10.2 Å². The van der Waals surface area contributed by atoms with Crippen molar-refractivity contribution in [3.05, 3.63) is 76.4 Å². The fourth-order valence-electron chi connectivity index (χ4n) is 6.06. The number of rotatable bonds is 10. The number of halogens is 3. The summed E-state index contributed by atoms with van der Waals surface area (Å²) in [5, 5.41) is 12.2. The largest absolute Gasteiger partial charge is 0.417 e. The average Bonchev–Trinajstić information content (AvgIpc) is 3.75. The Balaban J connectivity index is 1.000. The van der Waals surface area contributed by atoms with Gasteiger partial charge in [0, 0.05) is 49.3 Å². The molecule has 2 aliphatic heterocycles. The summed E-state index contributed by atoms with van der Waals surface area (Å²) in [4.78, 5) is 43.6. The smallest absolute Gasteiger partial charge is 0.335 e. The van der Waals surface area contributed by atoms with Gasteiger partial charge >= 0.3 is 12.2 Å². The number of carbonyl (C=O) groups is 3. The number of urea groups is 1. The first kappa shape index (κ1) is 31.3. The highest BCUT2D eigenvalue weighted by atomic mass is 19.4. The van der Waals surface area contributed by atoms with Crippen LogP contribution in [0.25, 0.3) is 0 Å². The topological polar surface area (TPSA) is 96.8 Å². The number of anilines is 1. The van der Waals surface area contributed by atoms with Crippen molar-refractivity contribution in [2.24, 2.45) is 0 Å². The summed E-state index contributed by atoms with van der Waals surface area (Å²) in [6.07, 6.45) is -0.00524. The van der Waals surface area contributed by atoms with Gasteiger partial charge in [-0.1, -0.05) is 43.2 Å². The third-order valence-electron chi connectivity index (χ3n) is 8.76. The molecule has 0 unspecified atom stereocenters. The number of piperazine rings is 1. The molecule has 5 rings (SSSR count). The van der Waals surface area contributed by atoms with E-state index in [1.165, 1.54) is 24.6 Å². The van der Waals surface area contributed by atoms with Crippen molar-refractivity contribution in [2.75, 3.05) is 37.6 Å². The first-order valence-electron chi connectivity index (χ1n) is 15.1. The van der Waals surface area contributed by atoms with Crippen molar-refractivity contribution in [3.63, 3.8) is 0 Å². The lowest BCUT2D eigenvalue weighted by molar-refractivity contribution is -0.138. The SMILES string of the molecule is CC1=C(CCCCCCN2CCN(C(=O)N[C@@H]3C[C@H]3c3ccccc3)CC2)C(=O)N(c2ccc(C#N)c(C(F)(F)F)c2)C1=O. The molecule has 232 valence electrons. The summed E-state index contributed by atoms with van der Waals surface area (Å²) in [6.45, 7) is 5.47. The summed E-state index contributed by atoms with van der Waals surface area (Å²) >= 11 is 0. The lowest BCUT2D eigenvalue weighted by Crippen LogP contribution is -2.52. The maximum Gasteiger partial charge on any atom is 0.417 e. The first-order chi connectivity index (χ1) is 21.1. The maximum absolute atomic E-state index is 13.4. The number of unbranched alkanes of at least 4 members (excludes halogenated alkanes) is 3. The lowest BCUT2D eigenvalue weighted by Gasteiger charge is -2.34. The van der Waals surface area contributed by atoms with Gasteiger partial charge in [-0.25, -0.2) is 9.69 Å². The van der Waals surface area contributed by atoms with E-state index in [9.17, 15) is 27.6 Å². The number of alkyl halides is 3. The Labute approximate surface area is 255 Å². The van der Waals surface area contributed by atoms with Gasteiger partial charge in [0.1, 0.15) is 0 Å². The van der Waals surface area contributed by atoms with E-state index < -0.39 is 29.1 Å². The standard InChI is InChI=1S/C33H36F3N5O3/c1-22-26(31(43)41(30(22)42)25-13-12-24(21-37)28(19-25)33(34,35)36)11-7-2-3-8-14-39-15-17-40(18-16-39)32(44)38-29-20-27(29)23-9-5-4-6-10-23/h4-6,9-10,12-13,19,27,29H,2-3,7-8,11,14-18,20H2,1H3,(H,38,44)/t27-,29+/m0/s1. The number of nitrogens with one attached hydrogen (secondary N) is 1. The third-order valence-corrected chi connectivity index (χ3v) is 8.76. The molecule has 0 radical (unpaired) electrons. The highest BCUT2D eigenvalue weighted by molar-refractivity contribution is 6.32. The second kappa shape index (κ2) is 13.2. The first-order valence-corrected chi connectivity index (χ1v) is 15.1. The zero-order valence-corrected chi connectivity index (χ0v) is 24.7. The van der Waals surface area contributed by atoms with Crippen molar-refractivity contribution in [1.29, 1.82) is 5.26 Å². The van der Waals surface area contributed by atoms with E-state index in [2.05, 4.69) is 22.3 Å². The van der Waals surface area contributed by atoms with Crippen LogP contribution in [0.5, 0.6) is 0 Å². The Kier molecular flexibility index (Phi) is 9.39. The molecule has 2 atom stereocenters. The molecular formula is C33H36F3N5O3. The van der Waals surface area contributed by atoms with Crippen molar-refractivity contribution in [1.82, 2.24) is 15.1 Å². The minimum atomic E-state index is -4.79. The van der Waals surface area contributed by atoms with Crippen LogP contribution in [0.1, 0.15) is 68.1 Å². The van der Waals surface area contributed by atoms with Crippen LogP contribution in [0, 0.1) is 11.3 Å². The number of nitriles is 1. The Bertz CT molecular complexity index is 1480.